The first-order chi connectivity index (χ1) is 17.4. The van der Waals surface area contributed by atoms with Crippen LogP contribution in [-0.2, 0) is 11.3 Å². The lowest BCUT2D eigenvalue weighted by atomic mass is 9.85. The first-order valence-corrected chi connectivity index (χ1v) is 11.7. The third-order valence-electron chi connectivity index (χ3n) is 6.84. The number of halogens is 1. The molecule has 0 saturated carbocycles. The number of nitrogens with one attached hydrogen (secondary N) is 1. The number of fused-ring (bicyclic) bond motifs is 8. The monoisotopic (exact) mass is 481 g/mol. The number of carbonyl (C=O) groups is 1. The van der Waals surface area contributed by atoms with Gasteiger partial charge in [-0.2, -0.15) is 0 Å². The number of nitrogens with two attached hydrogens (primary N) is 1. The van der Waals surface area contributed by atoms with Gasteiger partial charge in [-0.25, -0.2) is 9.37 Å². The van der Waals surface area contributed by atoms with Crippen molar-refractivity contribution in [3.8, 4) is 11.5 Å². The smallest absolute Gasteiger partial charge is 0.251 e. The van der Waals surface area contributed by atoms with E-state index >= 15 is 0 Å². The lowest BCUT2D eigenvalue weighted by Crippen LogP contribution is -2.24. The van der Waals surface area contributed by atoms with E-state index in [-0.39, 0.29) is 23.9 Å². The maximum absolute atomic E-state index is 13.5. The van der Waals surface area contributed by atoms with Crippen LogP contribution in [0.3, 0.4) is 0 Å². The molecule has 2 aliphatic heterocycles. The predicted octanol–water partition coefficient (Wildman–Crippen LogP) is 5.66. The van der Waals surface area contributed by atoms with Crippen molar-refractivity contribution in [1.82, 2.24) is 10.3 Å². The molecule has 7 heteroatoms. The van der Waals surface area contributed by atoms with Crippen LogP contribution in [0.5, 0.6) is 11.5 Å². The molecule has 0 saturated heterocycles. The summed E-state index contributed by atoms with van der Waals surface area (Å²) in [6.07, 6.45) is -0.457. The van der Waals surface area contributed by atoms with Crippen LogP contribution in [0.2, 0.25) is 0 Å². The number of rotatable bonds is 5. The van der Waals surface area contributed by atoms with E-state index < -0.39 is 0 Å². The zero-order valence-electron chi connectivity index (χ0n) is 19.8. The maximum atomic E-state index is 13.5. The van der Waals surface area contributed by atoms with Gasteiger partial charge >= 0.3 is 0 Å². The van der Waals surface area contributed by atoms with Crippen LogP contribution in [-0.4, -0.2) is 10.9 Å². The zero-order valence-corrected chi connectivity index (χ0v) is 19.8. The van der Waals surface area contributed by atoms with Gasteiger partial charge in [-0.05, 0) is 89.7 Å². The number of aryl methyl sites for hydroxylation is 2. The molecule has 6 rings (SSSR count). The van der Waals surface area contributed by atoms with E-state index in [9.17, 15) is 9.18 Å². The Morgan fingerprint density at radius 1 is 0.972 bits per heavy atom. The molecule has 0 spiro atoms. The van der Waals surface area contributed by atoms with Gasteiger partial charge in [-0.1, -0.05) is 18.2 Å². The summed E-state index contributed by atoms with van der Waals surface area (Å²) in [7, 11) is 0. The molecule has 36 heavy (non-hydrogen) atoms. The van der Waals surface area contributed by atoms with Crippen molar-refractivity contribution in [2.24, 2.45) is 0 Å². The fourth-order valence-corrected chi connectivity index (χ4v) is 5.12. The molecule has 0 fully saturated rings. The molecule has 3 heterocycles. The largest absolute Gasteiger partial charge is 0.457 e. The molecule has 0 aliphatic carbocycles. The lowest BCUT2D eigenvalue weighted by Gasteiger charge is -2.18. The number of nitrogens with zero attached hydrogens (tertiary/aromatic N) is 1. The Hall–Kier alpha value is -4.23. The molecule has 0 unspecified atom stereocenters. The van der Waals surface area contributed by atoms with Crippen LogP contribution in [0.15, 0.2) is 66.7 Å². The van der Waals surface area contributed by atoms with E-state index in [1.807, 2.05) is 56.3 Å². The van der Waals surface area contributed by atoms with Crippen molar-refractivity contribution in [3.05, 3.63) is 117 Å². The third kappa shape index (κ3) is 3.78. The summed E-state index contributed by atoms with van der Waals surface area (Å²) in [6, 6.07) is 19.3. The number of aromatic nitrogens is 1. The number of amides is 1. The van der Waals surface area contributed by atoms with Crippen LogP contribution in [0, 0.1) is 19.7 Å². The van der Waals surface area contributed by atoms with Crippen LogP contribution in [0.1, 0.15) is 61.6 Å². The van der Waals surface area contributed by atoms with Crippen molar-refractivity contribution in [2.45, 2.75) is 32.6 Å². The number of benzene rings is 3. The second-order valence-electron chi connectivity index (χ2n) is 9.20. The van der Waals surface area contributed by atoms with E-state index in [0.717, 1.165) is 39.1 Å². The molecule has 4 aromatic rings. The van der Waals surface area contributed by atoms with Gasteiger partial charge in [0.05, 0.1) is 0 Å². The second-order valence-corrected chi connectivity index (χ2v) is 9.20. The number of pyridine rings is 1. The molecular formula is C29H24FN3O3. The van der Waals surface area contributed by atoms with Crippen molar-refractivity contribution in [1.29, 1.82) is 0 Å². The molecule has 6 nitrogen and oxygen atoms in total. The van der Waals surface area contributed by atoms with Gasteiger partial charge in [-0.3, -0.25) is 4.79 Å². The van der Waals surface area contributed by atoms with Gasteiger partial charge in [0.25, 0.3) is 5.91 Å². The first kappa shape index (κ1) is 22.2. The van der Waals surface area contributed by atoms with E-state index in [0.29, 0.717) is 29.4 Å². The van der Waals surface area contributed by atoms with Crippen LogP contribution in [0.4, 0.5) is 10.2 Å². The standard InChI is InChI=1S/C29H24FN3O3/c1-15-10-26(31)33-16(2)25(15)14-32-29(34)17-6-8-21-23(11-17)27-22-9-7-20(13-24(22)28(21)36-27)35-19-5-3-4-18(30)12-19/h3-13,27-28H,14H2,1-2H3,(H2,31,33)(H,32,34)/t27-,28-/m1/s1. The molecule has 1 amide bonds. The first-order valence-electron chi connectivity index (χ1n) is 11.7. The van der Waals surface area contributed by atoms with Crippen molar-refractivity contribution in [2.75, 3.05) is 5.73 Å². The molecule has 2 bridgehead atoms. The minimum absolute atomic E-state index is 0.157. The highest BCUT2D eigenvalue weighted by molar-refractivity contribution is 5.94. The van der Waals surface area contributed by atoms with Gasteiger partial charge < -0.3 is 20.5 Å². The highest BCUT2D eigenvalue weighted by atomic mass is 19.1. The number of anilines is 1. The molecule has 1 aromatic heterocycles. The van der Waals surface area contributed by atoms with Gasteiger partial charge in [0.1, 0.15) is 35.3 Å². The third-order valence-corrected chi connectivity index (χ3v) is 6.84. The van der Waals surface area contributed by atoms with E-state index in [4.69, 9.17) is 15.2 Å². The Kier molecular flexibility index (Phi) is 5.23. The Balaban J connectivity index is 1.21. The lowest BCUT2D eigenvalue weighted by molar-refractivity contribution is 0.0857. The van der Waals surface area contributed by atoms with E-state index in [1.54, 1.807) is 12.1 Å². The summed E-state index contributed by atoms with van der Waals surface area (Å²) in [5.74, 6) is 1.03. The number of nitrogen functional groups attached to an aromatic ring is 1. The summed E-state index contributed by atoms with van der Waals surface area (Å²) >= 11 is 0. The molecule has 2 aliphatic rings. The van der Waals surface area contributed by atoms with Gasteiger partial charge in [0, 0.05) is 23.9 Å². The number of ether oxygens (including phenoxy) is 2. The molecule has 0 radical (unpaired) electrons. The summed E-state index contributed by atoms with van der Waals surface area (Å²) < 4.78 is 25.6. The average molecular weight is 482 g/mol. The summed E-state index contributed by atoms with van der Waals surface area (Å²) in [5, 5.41) is 3.00. The Morgan fingerprint density at radius 2 is 1.69 bits per heavy atom. The van der Waals surface area contributed by atoms with Crippen LogP contribution < -0.4 is 15.8 Å². The fraction of sp³-hybridized carbons (Fsp3) is 0.172. The van der Waals surface area contributed by atoms with E-state index in [2.05, 4.69) is 10.3 Å². The van der Waals surface area contributed by atoms with Crippen molar-refractivity contribution < 1.29 is 18.7 Å². The van der Waals surface area contributed by atoms with Gasteiger partial charge in [-0.15, -0.1) is 0 Å². The minimum atomic E-state index is -0.347. The van der Waals surface area contributed by atoms with Crippen molar-refractivity contribution in [3.63, 3.8) is 0 Å². The Labute approximate surface area is 207 Å². The summed E-state index contributed by atoms with van der Waals surface area (Å²) in [4.78, 5) is 17.3. The second kappa shape index (κ2) is 8.46. The summed E-state index contributed by atoms with van der Waals surface area (Å²) in [6.45, 7) is 4.22. The van der Waals surface area contributed by atoms with Gasteiger partial charge in [0.15, 0.2) is 0 Å². The SMILES string of the molecule is Cc1cc(N)nc(C)c1CNC(=O)c1ccc2c(c1)[C@@H]1O[C@H]2c2cc(Oc3cccc(F)c3)ccc21. The minimum Gasteiger partial charge on any atom is -0.457 e. The summed E-state index contributed by atoms with van der Waals surface area (Å²) in [5.41, 5.74) is 13.3. The normalized spacial score (nSPS) is 17.0. The highest BCUT2D eigenvalue weighted by Crippen LogP contribution is 2.55. The Morgan fingerprint density at radius 3 is 2.44 bits per heavy atom. The molecular weight excluding hydrogens is 457 g/mol. The van der Waals surface area contributed by atoms with Crippen LogP contribution in [0.25, 0.3) is 0 Å². The maximum Gasteiger partial charge on any atom is 0.251 e. The molecule has 2 atom stereocenters. The molecule has 3 N–H and O–H groups in total. The Bertz CT molecular complexity index is 1510. The molecule has 180 valence electrons. The van der Waals surface area contributed by atoms with E-state index in [1.165, 1.54) is 12.1 Å². The highest BCUT2D eigenvalue weighted by Gasteiger charge is 2.43. The molecule has 3 aromatic carbocycles. The number of carbonyl (C=O) groups excluding carboxylic acids is 1. The quantitative estimate of drug-likeness (QED) is 0.384. The zero-order chi connectivity index (χ0) is 25.0. The topological polar surface area (TPSA) is 86.5 Å². The van der Waals surface area contributed by atoms with Crippen LogP contribution >= 0.6 is 0 Å². The van der Waals surface area contributed by atoms with Gasteiger partial charge in [0.2, 0.25) is 0 Å². The predicted molar refractivity (Wildman–Crippen MR) is 133 cm³/mol. The number of hydrogen-bond acceptors (Lipinski definition) is 5. The number of hydrogen-bond donors (Lipinski definition) is 2. The van der Waals surface area contributed by atoms with Crippen molar-refractivity contribution >= 4 is 11.7 Å². The fourth-order valence-electron chi connectivity index (χ4n) is 5.12. The average Bonchev–Trinajstić information content (AvgIpc) is 3.40.